The molecule has 1 heterocycles. The topological polar surface area (TPSA) is 41.6 Å². The van der Waals surface area contributed by atoms with E-state index in [1.807, 2.05) is 50.6 Å². The lowest BCUT2D eigenvalue weighted by Gasteiger charge is -1.99. The number of aryl methyl sites for hydroxylation is 1. The van der Waals surface area contributed by atoms with Crippen LogP contribution in [0, 0.1) is 11.3 Å². The first-order valence-electron chi connectivity index (χ1n) is 8.06. The molecular weight excluding hydrogens is 318 g/mol. The fraction of sp³-hybridized carbons (Fsp3) is 0.400. The average Bonchev–Trinajstić information content (AvgIpc) is 3.03. The normalized spacial score (nSPS) is 7.58. The van der Waals surface area contributed by atoms with Crippen LogP contribution in [-0.2, 0) is 6.54 Å². The molecule has 2 rings (SSSR count). The molecule has 24 heavy (non-hydrogen) atoms. The summed E-state index contributed by atoms with van der Waals surface area (Å²) in [6, 6.07) is 7.89. The Morgan fingerprint density at radius 3 is 2.12 bits per heavy atom. The smallest absolute Gasteiger partial charge is 0.0999 e. The summed E-state index contributed by atoms with van der Waals surface area (Å²) < 4.78 is 1.94. The lowest BCUT2D eigenvalue weighted by atomic mass is 10.1. The zero-order valence-corrected chi connectivity index (χ0v) is 16.8. The van der Waals surface area contributed by atoms with Gasteiger partial charge in [-0.15, -0.1) is 24.8 Å². The van der Waals surface area contributed by atoms with Gasteiger partial charge in [0, 0.05) is 18.3 Å². The Morgan fingerprint density at radius 2 is 1.71 bits per heavy atom. The van der Waals surface area contributed by atoms with Crippen molar-refractivity contribution in [1.29, 1.82) is 5.26 Å². The van der Waals surface area contributed by atoms with Gasteiger partial charge in [-0.25, -0.2) is 0 Å². The van der Waals surface area contributed by atoms with Gasteiger partial charge in [0.25, 0.3) is 0 Å². The lowest BCUT2D eigenvalue weighted by molar-refractivity contribution is 0.622. The van der Waals surface area contributed by atoms with E-state index in [1.54, 1.807) is 18.3 Å². The molecule has 134 valence electrons. The predicted octanol–water partition coefficient (Wildman–Crippen LogP) is 6.58. The van der Waals surface area contributed by atoms with Crippen LogP contribution in [0.4, 0.5) is 0 Å². The highest BCUT2D eigenvalue weighted by Gasteiger charge is 2.04. The largest absolute Gasteiger partial charge is 0.265 e. The summed E-state index contributed by atoms with van der Waals surface area (Å²) in [4.78, 5) is 0. The van der Waals surface area contributed by atoms with Crippen LogP contribution in [0.2, 0.25) is 0 Å². The summed E-state index contributed by atoms with van der Waals surface area (Å²) in [6.07, 6.45) is 7.79. The van der Waals surface area contributed by atoms with Crippen LogP contribution < -0.4 is 0 Å². The van der Waals surface area contributed by atoms with E-state index in [4.69, 9.17) is 5.26 Å². The number of nitrogens with zero attached hydrogens (tertiary/aromatic N) is 3. The van der Waals surface area contributed by atoms with Crippen molar-refractivity contribution in [3.63, 3.8) is 0 Å². The molecule has 4 heteroatoms. The summed E-state index contributed by atoms with van der Waals surface area (Å²) in [7, 11) is 0. The van der Waals surface area contributed by atoms with Crippen LogP contribution in [0.3, 0.4) is 0 Å². The van der Waals surface area contributed by atoms with Gasteiger partial charge in [0.1, 0.15) is 0 Å². The predicted molar refractivity (Wildman–Crippen MR) is 110 cm³/mol. The highest BCUT2D eigenvalue weighted by molar-refractivity contribution is 6.15. The Hall–Kier alpha value is -2.05. The van der Waals surface area contributed by atoms with E-state index < -0.39 is 0 Å². The molecule has 0 fully saturated rings. The fourth-order valence-corrected chi connectivity index (χ4v) is 1.59. The van der Waals surface area contributed by atoms with E-state index in [1.165, 1.54) is 6.38 Å². The van der Waals surface area contributed by atoms with Gasteiger partial charge in [-0.3, -0.25) is 4.68 Å². The van der Waals surface area contributed by atoms with Crippen molar-refractivity contribution >= 4 is 22.5 Å². The molecule has 0 spiro atoms. The first-order chi connectivity index (χ1) is 11.7. The van der Waals surface area contributed by atoms with Crippen LogP contribution in [0.5, 0.6) is 0 Å². The van der Waals surface area contributed by atoms with Crippen molar-refractivity contribution in [3.8, 4) is 6.07 Å². The maximum Gasteiger partial charge on any atom is 0.0999 e. The molecule has 0 amide bonds. The van der Waals surface area contributed by atoms with Crippen molar-refractivity contribution < 1.29 is 0 Å². The Kier molecular flexibility index (Phi) is 23.4. The molecule has 0 atom stereocenters. The number of alkyl halides is 1. The van der Waals surface area contributed by atoms with Gasteiger partial charge in [0.2, 0.25) is 0 Å². The Bertz CT molecular complexity index is 574. The molecule has 0 saturated heterocycles. The molecule has 3 nitrogen and oxygen atoms in total. The minimum absolute atomic E-state index is 0.699. The van der Waals surface area contributed by atoms with Gasteiger partial charge in [0.05, 0.1) is 23.3 Å². The highest BCUT2D eigenvalue weighted by Crippen LogP contribution is 2.17. The molecule has 0 bridgehead atoms. The second-order valence-corrected chi connectivity index (χ2v) is 4.03. The van der Waals surface area contributed by atoms with Gasteiger partial charge in [0.15, 0.2) is 0 Å². The second kappa shape index (κ2) is 20.9. The van der Waals surface area contributed by atoms with Gasteiger partial charge < -0.3 is 0 Å². The van der Waals surface area contributed by atoms with Gasteiger partial charge in [-0.05, 0) is 32.4 Å². The monoisotopic (exact) mass is 349 g/mol. The quantitative estimate of drug-likeness (QED) is 0.453. The average molecular weight is 350 g/mol. The third-order valence-electron chi connectivity index (χ3n) is 2.24. The van der Waals surface area contributed by atoms with Crippen molar-refractivity contribution in [3.05, 3.63) is 55.3 Å². The number of hydrogen-bond acceptors (Lipinski definition) is 2. The molecule has 0 aliphatic heterocycles. The zero-order valence-electron chi connectivity index (χ0n) is 16.0. The van der Waals surface area contributed by atoms with Gasteiger partial charge in [-0.1, -0.05) is 39.0 Å². The number of halogens is 1. The summed E-state index contributed by atoms with van der Waals surface area (Å²) in [6.45, 7) is 17.5. The molecule has 0 aliphatic carbocycles. The van der Waals surface area contributed by atoms with Crippen LogP contribution in [0.15, 0.2) is 49.7 Å². The SMILES string of the molecule is C=CC.C=CC.CC.CCCn1ncc2c(C#N)cccc21.CCl. The van der Waals surface area contributed by atoms with Crippen molar-refractivity contribution in [2.45, 2.75) is 47.6 Å². The van der Waals surface area contributed by atoms with Crippen LogP contribution >= 0.6 is 11.6 Å². The minimum atomic E-state index is 0.699. The molecule has 0 aliphatic rings. The first-order valence-corrected chi connectivity index (χ1v) is 8.82. The summed E-state index contributed by atoms with van der Waals surface area (Å²) in [5.74, 6) is 0. The molecular formula is C20H32ClN3. The number of nitriles is 1. The van der Waals surface area contributed by atoms with Crippen LogP contribution in [-0.4, -0.2) is 16.2 Å². The zero-order chi connectivity index (χ0) is 19.4. The molecule has 0 saturated carbocycles. The van der Waals surface area contributed by atoms with E-state index in [2.05, 4.69) is 42.9 Å². The number of hydrogen-bond donors (Lipinski definition) is 0. The van der Waals surface area contributed by atoms with Crippen molar-refractivity contribution in [2.24, 2.45) is 0 Å². The molecule has 2 aromatic rings. The van der Waals surface area contributed by atoms with Crippen LogP contribution in [0.25, 0.3) is 10.9 Å². The van der Waals surface area contributed by atoms with E-state index >= 15 is 0 Å². The van der Waals surface area contributed by atoms with Crippen molar-refractivity contribution in [2.75, 3.05) is 6.38 Å². The molecule has 1 aromatic carbocycles. The van der Waals surface area contributed by atoms with Crippen LogP contribution in [0.1, 0.15) is 46.6 Å². The number of rotatable bonds is 2. The maximum atomic E-state index is 8.89. The number of fused-ring (bicyclic) bond motifs is 1. The first kappa shape index (κ1) is 26.8. The summed E-state index contributed by atoms with van der Waals surface area (Å²) >= 11 is 4.64. The number of aromatic nitrogens is 2. The van der Waals surface area contributed by atoms with E-state index in [0.29, 0.717) is 5.56 Å². The molecule has 0 radical (unpaired) electrons. The molecule has 0 unspecified atom stereocenters. The Balaban J connectivity index is -0.000000374. The lowest BCUT2D eigenvalue weighted by Crippen LogP contribution is -1.97. The third kappa shape index (κ3) is 10.6. The van der Waals surface area contributed by atoms with E-state index in [9.17, 15) is 0 Å². The summed E-state index contributed by atoms with van der Waals surface area (Å²) in [5, 5.41) is 14.1. The number of benzene rings is 1. The van der Waals surface area contributed by atoms with Crippen molar-refractivity contribution in [1.82, 2.24) is 9.78 Å². The Labute approximate surface area is 153 Å². The standard InChI is InChI=1S/C11H11N3.2C3H6.C2H6.CH3Cl/c1-2-6-14-11-5-3-4-9(7-12)10(11)8-13-14;2*1-3-2;2*1-2/h3-5,8H,2,6H2,1H3;2*3H,1H2,2H3;1-2H3;1H3. The van der Waals surface area contributed by atoms with E-state index in [-0.39, 0.29) is 0 Å². The summed E-state index contributed by atoms with van der Waals surface area (Å²) in [5.41, 5.74) is 1.75. The van der Waals surface area contributed by atoms with Gasteiger partial charge >= 0.3 is 0 Å². The van der Waals surface area contributed by atoms with E-state index in [0.717, 1.165) is 23.9 Å². The second-order valence-electron chi connectivity index (χ2n) is 4.03. The maximum absolute atomic E-state index is 8.89. The number of allylic oxidation sites excluding steroid dienone is 2. The molecule has 0 N–H and O–H groups in total. The minimum Gasteiger partial charge on any atom is -0.265 e. The molecule has 1 aromatic heterocycles. The fourth-order valence-electron chi connectivity index (χ4n) is 1.59. The van der Waals surface area contributed by atoms with Gasteiger partial charge in [-0.2, -0.15) is 10.4 Å². The third-order valence-corrected chi connectivity index (χ3v) is 2.24. The highest BCUT2D eigenvalue weighted by atomic mass is 35.5. The Morgan fingerprint density at radius 1 is 1.21 bits per heavy atom.